The van der Waals surface area contributed by atoms with Crippen molar-refractivity contribution in [2.45, 2.75) is 18.3 Å². The molecular formula is C31H28O14. The summed E-state index contributed by atoms with van der Waals surface area (Å²) in [6, 6.07) is 4.41. The van der Waals surface area contributed by atoms with Gasteiger partial charge in [0.1, 0.15) is 28.6 Å². The van der Waals surface area contributed by atoms with Crippen LogP contribution >= 0.6 is 0 Å². The molecule has 0 bridgehead atoms. The molecule has 14 nitrogen and oxygen atoms in total. The molecule has 0 saturated heterocycles. The largest absolute Gasteiger partial charge is 0.496 e. The Morgan fingerprint density at radius 3 is 1.98 bits per heavy atom. The molecule has 2 aliphatic heterocycles. The highest BCUT2D eigenvalue weighted by atomic mass is 16.7. The molecule has 236 valence electrons. The quantitative estimate of drug-likeness (QED) is 0.298. The third kappa shape index (κ3) is 3.94. The van der Waals surface area contributed by atoms with Gasteiger partial charge in [-0.1, -0.05) is 0 Å². The average molecular weight is 625 g/mol. The molecule has 2 atom stereocenters. The number of ether oxygens (including phenoxy) is 9. The Morgan fingerprint density at radius 2 is 1.38 bits per heavy atom. The van der Waals surface area contributed by atoms with Gasteiger partial charge in [-0.25, -0.2) is 9.59 Å². The van der Waals surface area contributed by atoms with Crippen molar-refractivity contribution in [1.29, 1.82) is 0 Å². The van der Waals surface area contributed by atoms with Gasteiger partial charge in [0.15, 0.2) is 34.5 Å². The van der Waals surface area contributed by atoms with Crippen molar-refractivity contribution >= 4 is 33.3 Å². The third-order valence-electron chi connectivity index (χ3n) is 7.91. The van der Waals surface area contributed by atoms with Crippen molar-refractivity contribution in [2.75, 3.05) is 49.8 Å². The van der Waals surface area contributed by atoms with Gasteiger partial charge >= 0.3 is 17.4 Å². The van der Waals surface area contributed by atoms with Crippen molar-refractivity contribution in [2.24, 2.45) is 0 Å². The van der Waals surface area contributed by atoms with Crippen LogP contribution in [-0.2, 0) is 11.2 Å². The average Bonchev–Trinajstić information content (AvgIpc) is 3.33. The van der Waals surface area contributed by atoms with Gasteiger partial charge in [0.25, 0.3) is 5.78 Å². The van der Waals surface area contributed by atoms with Gasteiger partial charge in [0.05, 0.1) is 60.5 Å². The molecule has 45 heavy (non-hydrogen) atoms. The van der Waals surface area contributed by atoms with Crippen molar-refractivity contribution in [1.82, 2.24) is 0 Å². The van der Waals surface area contributed by atoms with E-state index in [4.69, 9.17) is 42.3 Å². The van der Waals surface area contributed by atoms with Crippen molar-refractivity contribution in [3.05, 3.63) is 45.5 Å². The highest BCUT2D eigenvalue weighted by Crippen LogP contribution is 2.59. The van der Waals surface area contributed by atoms with Crippen LogP contribution < -0.4 is 43.5 Å². The molecule has 1 N–H and O–H groups in total. The number of rotatable bonds is 7. The summed E-state index contributed by atoms with van der Waals surface area (Å²) in [4.78, 5) is 39.6. The van der Waals surface area contributed by atoms with E-state index in [1.54, 1.807) is 6.07 Å². The topological polar surface area (TPSA) is 168 Å². The van der Waals surface area contributed by atoms with Gasteiger partial charge in [0, 0.05) is 18.1 Å². The third-order valence-corrected chi connectivity index (χ3v) is 7.91. The highest BCUT2D eigenvalue weighted by molar-refractivity contribution is 6.18. The number of hydrogen-bond donors (Lipinski definition) is 1. The SMILES string of the molecule is COC(=O)c1cc2cc3c(c(OC)c2c(=O)o1)O[C@]1(Oc2c(c(OC)c4c(OC)cc(OC)c(OC)c4c2OC)C1=O)[C@H](O)C3. The number of carbonyl (C=O) groups is 2. The first-order valence-electron chi connectivity index (χ1n) is 13.4. The van der Waals surface area contributed by atoms with E-state index in [9.17, 15) is 19.5 Å². The Morgan fingerprint density at radius 1 is 0.756 bits per heavy atom. The summed E-state index contributed by atoms with van der Waals surface area (Å²) in [5.74, 6) is -3.65. The summed E-state index contributed by atoms with van der Waals surface area (Å²) in [7, 11) is 9.49. The molecule has 0 aliphatic carbocycles. The first kappa shape index (κ1) is 29.7. The molecule has 0 unspecified atom stereocenters. The summed E-state index contributed by atoms with van der Waals surface area (Å²) >= 11 is 0. The highest BCUT2D eigenvalue weighted by Gasteiger charge is 2.61. The van der Waals surface area contributed by atoms with E-state index >= 15 is 0 Å². The first-order chi connectivity index (χ1) is 21.6. The number of carbonyl (C=O) groups excluding carboxylic acids is 2. The maximum absolute atomic E-state index is 14.4. The molecule has 2 aliphatic rings. The Labute approximate surface area is 254 Å². The minimum Gasteiger partial charge on any atom is -0.496 e. The van der Waals surface area contributed by atoms with Crippen LogP contribution in [-0.4, -0.2) is 78.5 Å². The maximum Gasteiger partial charge on any atom is 0.374 e. The van der Waals surface area contributed by atoms with Gasteiger partial charge in [-0.2, -0.15) is 0 Å². The monoisotopic (exact) mass is 624 g/mol. The molecule has 1 aromatic heterocycles. The van der Waals surface area contributed by atoms with Crippen LogP contribution in [0.25, 0.3) is 21.5 Å². The van der Waals surface area contributed by atoms with Crippen LogP contribution in [0.15, 0.2) is 27.4 Å². The molecule has 3 heterocycles. The van der Waals surface area contributed by atoms with E-state index in [0.29, 0.717) is 22.1 Å². The van der Waals surface area contributed by atoms with Crippen molar-refractivity contribution in [3.63, 3.8) is 0 Å². The number of aliphatic hydroxyl groups excluding tert-OH is 1. The second-order valence-corrected chi connectivity index (χ2v) is 10.0. The van der Waals surface area contributed by atoms with Gasteiger partial charge in [-0.15, -0.1) is 0 Å². The molecule has 14 heteroatoms. The fraction of sp³-hybridized carbons (Fsp3) is 0.323. The summed E-state index contributed by atoms with van der Waals surface area (Å²) in [6.07, 6.45) is -1.76. The maximum atomic E-state index is 14.4. The lowest BCUT2D eigenvalue weighted by Gasteiger charge is -2.37. The molecule has 0 amide bonds. The zero-order valence-corrected chi connectivity index (χ0v) is 25.3. The second kappa shape index (κ2) is 10.7. The van der Waals surface area contributed by atoms with Crippen LogP contribution in [0.2, 0.25) is 0 Å². The molecule has 6 rings (SSSR count). The lowest BCUT2D eigenvalue weighted by atomic mass is 9.89. The predicted octanol–water partition coefficient (Wildman–Crippen LogP) is 3.05. The number of aliphatic hydroxyl groups is 1. The number of Topliss-reactive ketones (excluding diaryl/α,β-unsaturated/α-hetero) is 1. The lowest BCUT2D eigenvalue weighted by molar-refractivity contribution is -0.152. The van der Waals surface area contributed by atoms with Crippen LogP contribution in [0.4, 0.5) is 0 Å². The Bertz CT molecular complexity index is 1980. The first-order valence-corrected chi connectivity index (χ1v) is 13.4. The van der Waals surface area contributed by atoms with Gasteiger partial charge < -0.3 is 52.2 Å². The standard InChI is InChI=1S/C31H28O14/c1-36-14-11-15(37-2)23(38-3)20-19(14)24(39-4)21-27(26(20)41-6)45-31(28(21)33)17(32)10-13-8-12-9-16(29(34)42-7)43-30(35)18(12)25(40-5)22(13)44-31/h8-9,11,17,32H,10H2,1-7H3/t17-,31+/m1/s1. The van der Waals surface area contributed by atoms with E-state index in [1.807, 2.05) is 0 Å². The van der Waals surface area contributed by atoms with E-state index in [1.165, 1.54) is 54.8 Å². The van der Waals surface area contributed by atoms with E-state index in [0.717, 1.165) is 7.11 Å². The van der Waals surface area contributed by atoms with E-state index in [-0.39, 0.29) is 68.8 Å². The van der Waals surface area contributed by atoms with Crippen LogP contribution in [0.3, 0.4) is 0 Å². The zero-order valence-electron chi connectivity index (χ0n) is 25.3. The van der Waals surface area contributed by atoms with Gasteiger partial charge in [-0.3, -0.25) is 4.79 Å². The minimum atomic E-state index is -2.36. The lowest BCUT2D eigenvalue weighted by Crippen LogP contribution is -2.58. The second-order valence-electron chi connectivity index (χ2n) is 10.0. The predicted molar refractivity (Wildman–Crippen MR) is 155 cm³/mol. The normalized spacial score (nSPS) is 18.1. The number of ketones is 1. The molecule has 0 fully saturated rings. The Kier molecular flexibility index (Phi) is 7.03. The number of methoxy groups -OCH3 is 7. The fourth-order valence-corrected chi connectivity index (χ4v) is 5.97. The van der Waals surface area contributed by atoms with Crippen molar-refractivity contribution in [3.8, 4) is 46.0 Å². The molecule has 3 aromatic carbocycles. The summed E-state index contributed by atoms with van der Waals surface area (Å²) < 4.78 is 56.3. The van der Waals surface area contributed by atoms with Gasteiger partial charge in [0.2, 0.25) is 5.76 Å². The zero-order chi connectivity index (χ0) is 32.4. The van der Waals surface area contributed by atoms with E-state index < -0.39 is 29.3 Å². The smallest absolute Gasteiger partial charge is 0.374 e. The van der Waals surface area contributed by atoms with Gasteiger partial charge in [-0.05, 0) is 17.5 Å². The van der Waals surface area contributed by atoms with Crippen LogP contribution in [0.5, 0.6) is 46.0 Å². The summed E-state index contributed by atoms with van der Waals surface area (Å²) in [5, 5.41) is 12.4. The summed E-state index contributed by atoms with van der Waals surface area (Å²) in [5.41, 5.74) is -0.638. The minimum absolute atomic E-state index is 0.0449. The van der Waals surface area contributed by atoms with Crippen LogP contribution in [0.1, 0.15) is 26.5 Å². The molecule has 0 saturated carbocycles. The number of esters is 1. The van der Waals surface area contributed by atoms with Crippen LogP contribution in [0, 0.1) is 0 Å². The molecule has 4 aromatic rings. The molecule has 1 spiro atoms. The molecule has 0 radical (unpaired) electrons. The Balaban J connectivity index is 1.61. The number of benzene rings is 3. The van der Waals surface area contributed by atoms with Crippen molar-refractivity contribution < 1.29 is 61.7 Å². The summed E-state index contributed by atoms with van der Waals surface area (Å²) in [6.45, 7) is 0. The van der Waals surface area contributed by atoms with E-state index in [2.05, 4.69) is 4.74 Å². The molecular weight excluding hydrogens is 596 g/mol. The fourth-order valence-electron chi connectivity index (χ4n) is 5.97. The number of hydrogen-bond acceptors (Lipinski definition) is 14. The Hall–Kier alpha value is -5.37. The number of fused-ring (bicyclic) bond motifs is 4.